The topological polar surface area (TPSA) is 0 Å². The smallest absolute Gasteiger partial charge is 0.0128 e. The Kier molecular flexibility index (Phi) is 6.53. The van der Waals surface area contributed by atoms with Gasteiger partial charge in [0.15, 0.2) is 0 Å². The Morgan fingerprint density at radius 1 is 1.10 bits per heavy atom. The van der Waals surface area contributed by atoms with E-state index in [2.05, 4.69) is 33.5 Å². The van der Waals surface area contributed by atoms with Gasteiger partial charge in [-0.1, -0.05) is 44.2 Å². The van der Waals surface area contributed by atoms with Gasteiger partial charge in [0, 0.05) is 0 Å². The summed E-state index contributed by atoms with van der Waals surface area (Å²) in [5, 5.41) is 0. The largest absolute Gasteiger partial charge is 0.133 e. The summed E-state index contributed by atoms with van der Waals surface area (Å²) >= 11 is 0. The molecule has 10 heavy (non-hydrogen) atoms. The first-order valence-electron chi connectivity index (χ1n) is 3.67. The van der Waals surface area contributed by atoms with Gasteiger partial charge >= 0.3 is 0 Å². The fourth-order valence-electron chi connectivity index (χ4n) is 0.614. The first kappa shape index (κ1) is 9.65. The van der Waals surface area contributed by atoms with Crippen LogP contribution in [0, 0.1) is 0 Å². The first-order chi connectivity index (χ1) is 4.93. The zero-order chi connectivity index (χ0) is 7.82. The van der Waals surface area contributed by atoms with E-state index in [-0.39, 0.29) is 0 Å². The zero-order valence-electron chi connectivity index (χ0n) is 6.67. The van der Waals surface area contributed by atoms with Crippen LogP contribution in [0.3, 0.4) is 0 Å². The molecule has 1 aromatic carbocycles. The maximum absolute atomic E-state index is 2.69. The fourth-order valence-corrected chi connectivity index (χ4v) is 0.886. The second-order valence-corrected chi connectivity index (χ2v) is 2.10. The van der Waals surface area contributed by atoms with Crippen molar-refractivity contribution in [1.29, 1.82) is 0 Å². The van der Waals surface area contributed by atoms with E-state index < -0.39 is 0 Å². The van der Waals surface area contributed by atoms with Crippen molar-refractivity contribution in [2.24, 2.45) is 0 Å². The summed E-state index contributed by atoms with van der Waals surface area (Å²) in [4.78, 5) is 0. The van der Waals surface area contributed by atoms with Crippen LogP contribution >= 0.6 is 9.24 Å². The Bertz CT molecular complexity index is 146. The van der Waals surface area contributed by atoms with Crippen LogP contribution in [0.1, 0.15) is 19.4 Å². The molecule has 1 aromatic rings. The highest BCUT2D eigenvalue weighted by Crippen LogP contribution is 2.02. The Morgan fingerprint density at radius 3 is 1.90 bits per heavy atom. The van der Waals surface area contributed by atoms with Crippen molar-refractivity contribution in [3.8, 4) is 0 Å². The second kappa shape index (κ2) is 6.77. The van der Waals surface area contributed by atoms with Gasteiger partial charge in [0.25, 0.3) is 0 Å². The molecule has 0 bridgehead atoms. The molecule has 0 aromatic heterocycles. The maximum Gasteiger partial charge on any atom is -0.0128 e. The minimum absolute atomic E-state index is 1.06. The predicted molar refractivity (Wildman–Crippen MR) is 51.2 cm³/mol. The van der Waals surface area contributed by atoms with Crippen LogP contribution in [0.2, 0.25) is 0 Å². The van der Waals surface area contributed by atoms with Crippen LogP contribution in [0.5, 0.6) is 0 Å². The molecule has 1 rings (SSSR count). The molecule has 0 aliphatic rings. The Morgan fingerprint density at radius 2 is 1.60 bits per heavy atom. The van der Waals surface area contributed by atoms with E-state index in [0.29, 0.717) is 0 Å². The van der Waals surface area contributed by atoms with Crippen molar-refractivity contribution in [3.05, 3.63) is 35.9 Å². The molecule has 1 unspecified atom stereocenters. The van der Waals surface area contributed by atoms with Crippen molar-refractivity contribution in [3.63, 3.8) is 0 Å². The summed E-state index contributed by atoms with van der Waals surface area (Å²) in [6.45, 7) is 4.00. The summed E-state index contributed by atoms with van der Waals surface area (Å²) in [6, 6.07) is 10.4. The highest BCUT2D eigenvalue weighted by molar-refractivity contribution is 7.15. The molecule has 0 amide bonds. The highest BCUT2D eigenvalue weighted by atomic mass is 31.0. The van der Waals surface area contributed by atoms with Gasteiger partial charge in [-0.25, -0.2) is 0 Å². The van der Waals surface area contributed by atoms with Crippen molar-refractivity contribution < 1.29 is 0 Å². The second-order valence-electron chi connectivity index (χ2n) is 1.69. The van der Waals surface area contributed by atoms with Crippen molar-refractivity contribution >= 4 is 9.24 Å². The fraction of sp³-hybridized carbons (Fsp3) is 0.333. The molecule has 0 saturated heterocycles. The monoisotopic (exact) mass is 154 g/mol. The summed E-state index contributed by atoms with van der Waals surface area (Å²) in [5.74, 6) is 0. The summed E-state index contributed by atoms with van der Waals surface area (Å²) < 4.78 is 0. The summed E-state index contributed by atoms with van der Waals surface area (Å²) in [7, 11) is 2.69. The van der Waals surface area contributed by atoms with Crippen LogP contribution < -0.4 is 0 Å². The van der Waals surface area contributed by atoms with E-state index in [9.17, 15) is 0 Å². The van der Waals surface area contributed by atoms with Crippen molar-refractivity contribution in [2.75, 3.05) is 0 Å². The molecule has 0 radical (unpaired) electrons. The van der Waals surface area contributed by atoms with Crippen LogP contribution in [0.15, 0.2) is 30.3 Å². The van der Waals surface area contributed by atoms with Crippen LogP contribution in [-0.4, -0.2) is 0 Å². The Balaban J connectivity index is 0.000000371. The van der Waals surface area contributed by atoms with E-state index in [0.717, 1.165) is 6.16 Å². The molecule has 0 aliphatic heterocycles. The molecular formula is C9H15P. The minimum atomic E-state index is 1.06. The van der Waals surface area contributed by atoms with Gasteiger partial charge in [0.05, 0.1) is 0 Å². The third-order valence-corrected chi connectivity index (χ3v) is 1.55. The lowest BCUT2D eigenvalue weighted by Crippen LogP contribution is -1.70. The first-order valence-corrected chi connectivity index (χ1v) is 4.49. The lowest BCUT2D eigenvalue weighted by Gasteiger charge is -1.89. The van der Waals surface area contributed by atoms with Crippen LogP contribution in [0.25, 0.3) is 0 Å². The molecular weight excluding hydrogens is 139 g/mol. The molecule has 0 saturated carbocycles. The zero-order valence-corrected chi connectivity index (χ0v) is 7.83. The van der Waals surface area contributed by atoms with Crippen molar-refractivity contribution in [2.45, 2.75) is 20.0 Å². The number of benzene rings is 1. The SMILES string of the molecule is CC.PCc1ccccc1. The van der Waals surface area contributed by atoms with E-state index in [1.165, 1.54) is 5.56 Å². The van der Waals surface area contributed by atoms with Gasteiger partial charge in [-0.2, -0.15) is 0 Å². The molecule has 1 heteroatoms. The van der Waals surface area contributed by atoms with E-state index in [1.807, 2.05) is 19.9 Å². The molecule has 0 fully saturated rings. The van der Waals surface area contributed by atoms with Gasteiger partial charge in [-0.15, -0.1) is 9.24 Å². The third kappa shape index (κ3) is 3.63. The molecule has 0 N–H and O–H groups in total. The molecule has 1 atom stereocenters. The molecule has 0 heterocycles. The lowest BCUT2D eigenvalue weighted by atomic mass is 10.2. The Labute approximate surface area is 65.9 Å². The summed E-state index contributed by atoms with van der Waals surface area (Å²) in [6.07, 6.45) is 1.06. The van der Waals surface area contributed by atoms with Crippen LogP contribution in [-0.2, 0) is 6.16 Å². The van der Waals surface area contributed by atoms with E-state index in [1.54, 1.807) is 0 Å². The van der Waals surface area contributed by atoms with Gasteiger partial charge in [0.1, 0.15) is 0 Å². The quantitative estimate of drug-likeness (QED) is 0.545. The molecule has 0 nitrogen and oxygen atoms in total. The minimum Gasteiger partial charge on any atom is -0.133 e. The van der Waals surface area contributed by atoms with E-state index in [4.69, 9.17) is 0 Å². The summed E-state index contributed by atoms with van der Waals surface area (Å²) in [5.41, 5.74) is 1.37. The number of rotatable bonds is 1. The average Bonchev–Trinajstić information content (AvgIpc) is 2.10. The van der Waals surface area contributed by atoms with Crippen LogP contribution in [0.4, 0.5) is 0 Å². The van der Waals surface area contributed by atoms with Gasteiger partial charge in [-0.05, 0) is 11.7 Å². The number of hydrogen-bond donors (Lipinski definition) is 0. The molecule has 56 valence electrons. The lowest BCUT2D eigenvalue weighted by molar-refractivity contribution is 1.42. The predicted octanol–water partition coefficient (Wildman–Crippen LogP) is 3.09. The maximum atomic E-state index is 2.69. The average molecular weight is 154 g/mol. The highest BCUT2D eigenvalue weighted by Gasteiger charge is 1.80. The molecule has 0 spiro atoms. The third-order valence-electron chi connectivity index (χ3n) is 1.08. The Hall–Kier alpha value is -0.350. The van der Waals surface area contributed by atoms with E-state index >= 15 is 0 Å². The molecule has 0 aliphatic carbocycles. The number of hydrogen-bond acceptors (Lipinski definition) is 0. The van der Waals surface area contributed by atoms with Gasteiger partial charge in [0.2, 0.25) is 0 Å². The normalized spacial score (nSPS) is 7.90. The van der Waals surface area contributed by atoms with Gasteiger partial charge < -0.3 is 0 Å². The van der Waals surface area contributed by atoms with Gasteiger partial charge in [-0.3, -0.25) is 0 Å². The van der Waals surface area contributed by atoms with Crippen molar-refractivity contribution in [1.82, 2.24) is 0 Å². The standard InChI is InChI=1S/C7H9P.C2H6/c8-6-7-4-2-1-3-5-7;1-2/h1-5H,6,8H2;1-2H3.